The van der Waals surface area contributed by atoms with Crippen LogP contribution in [0.2, 0.25) is 0 Å². The SMILES string of the molecule is CCC(C)C1NC(CC)N(C2(C(F)(F)F)CC2)C1=O. The lowest BCUT2D eigenvalue weighted by atomic mass is 9.99. The zero-order valence-corrected chi connectivity index (χ0v) is 11.5. The maximum atomic E-state index is 13.2. The van der Waals surface area contributed by atoms with E-state index in [1.807, 2.05) is 20.8 Å². The van der Waals surface area contributed by atoms with Gasteiger partial charge in [0.2, 0.25) is 5.91 Å². The first-order valence-corrected chi connectivity index (χ1v) is 6.94. The Kier molecular flexibility index (Phi) is 3.58. The fourth-order valence-electron chi connectivity index (χ4n) is 2.89. The van der Waals surface area contributed by atoms with Crippen molar-refractivity contribution in [2.75, 3.05) is 0 Å². The Labute approximate surface area is 111 Å². The number of hydrogen-bond acceptors (Lipinski definition) is 2. The minimum absolute atomic E-state index is 0.0354. The fraction of sp³-hybridized carbons (Fsp3) is 0.923. The molecular weight excluding hydrogens is 257 g/mol. The summed E-state index contributed by atoms with van der Waals surface area (Å²) in [5.74, 6) is -0.327. The van der Waals surface area contributed by atoms with Crippen molar-refractivity contribution in [2.24, 2.45) is 5.92 Å². The van der Waals surface area contributed by atoms with Crippen molar-refractivity contribution >= 4 is 5.91 Å². The number of amides is 1. The van der Waals surface area contributed by atoms with Crippen LogP contribution in [0.1, 0.15) is 46.5 Å². The van der Waals surface area contributed by atoms with Gasteiger partial charge in [0.25, 0.3) is 0 Å². The van der Waals surface area contributed by atoms with Crippen molar-refractivity contribution in [3.05, 3.63) is 0 Å². The molecule has 1 aliphatic carbocycles. The lowest BCUT2D eigenvalue weighted by Crippen LogP contribution is -2.53. The van der Waals surface area contributed by atoms with E-state index in [0.29, 0.717) is 6.42 Å². The highest BCUT2D eigenvalue weighted by atomic mass is 19.4. The average molecular weight is 278 g/mol. The number of alkyl halides is 3. The molecule has 0 aromatic heterocycles. The van der Waals surface area contributed by atoms with Crippen LogP contribution in [0.4, 0.5) is 13.2 Å². The highest BCUT2D eigenvalue weighted by molar-refractivity contribution is 5.86. The molecule has 3 atom stereocenters. The molecule has 1 saturated carbocycles. The van der Waals surface area contributed by atoms with Gasteiger partial charge in [0, 0.05) is 0 Å². The summed E-state index contributed by atoms with van der Waals surface area (Å²) in [5, 5.41) is 3.09. The van der Waals surface area contributed by atoms with E-state index in [2.05, 4.69) is 5.32 Å². The Morgan fingerprint density at radius 1 is 1.42 bits per heavy atom. The largest absolute Gasteiger partial charge is 0.411 e. The minimum Gasteiger partial charge on any atom is -0.311 e. The lowest BCUT2D eigenvalue weighted by molar-refractivity contribution is -0.202. The van der Waals surface area contributed by atoms with Crippen LogP contribution in [0.25, 0.3) is 0 Å². The van der Waals surface area contributed by atoms with Crippen LogP contribution in [-0.4, -0.2) is 34.7 Å². The van der Waals surface area contributed by atoms with Crippen molar-refractivity contribution in [1.29, 1.82) is 0 Å². The van der Waals surface area contributed by atoms with Gasteiger partial charge in [-0.1, -0.05) is 27.2 Å². The summed E-state index contributed by atoms with van der Waals surface area (Å²) in [7, 11) is 0. The predicted molar refractivity (Wildman–Crippen MR) is 65.3 cm³/mol. The Balaban J connectivity index is 2.27. The van der Waals surface area contributed by atoms with Gasteiger partial charge in [-0.3, -0.25) is 10.1 Å². The van der Waals surface area contributed by atoms with Crippen molar-refractivity contribution in [1.82, 2.24) is 10.2 Å². The summed E-state index contributed by atoms with van der Waals surface area (Å²) < 4.78 is 39.7. The molecule has 1 heterocycles. The van der Waals surface area contributed by atoms with E-state index in [1.165, 1.54) is 0 Å². The Hall–Kier alpha value is -0.780. The second-order valence-electron chi connectivity index (χ2n) is 5.69. The molecule has 19 heavy (non-hydrogen) atoms. The van der Waals surface area contributed by atoms with Crippen LogP contribution in [0.5, 0.6) is 0 Å². The summed E-state index contributed by atoms with van der Waals surface area (Å²) in [6.07, 6.45) is -3.48. The van der Waals surface area contributed by atoms with Gasteiger partial charge in [0.1, 0.15) is 5.54 Å². The van der Waals surface area contributed by atoms with Gasteiger partial charge in [-0.05, 0) is 25.2 Å². The molecule has 2 rings (SSSR count). The van der Waals surface area contributed by atoms with Crippen molar-refractivity contribution in [3.8, 4) is 0 Å². The van der Waals surface area contributed by atoms with Crippen LogP contribution >= 0.6 is 0 Å². The molecule has 1 aliphatic heterocycles. The first-order valence-electron chi connectivity index (χ1n) is 6.94. The van der Waals surface area contributed by atoms with Gasteiger partial charge in [0.15, 0.2) is 0 Å². The Morgan fingerprint density at radius 3 is 2.37 bits per heavy atom. The molecule has 1 saturated heterocycles. The molecule has 110 valence electrons. The standard InChI is InChI=1S/C13H21F3N2O/c1-4-8(3)10-11(19)18(9(5-2)17-10)12(6-7-12)13(14,15)16/h8-10,17H,4-7H2,1-3H3. The minimum atomic E-state index is -4.33. The Bertz CT molecular complexity index is 365. The lowest BCUT2D eigenvalue weighted by Gasteiger charge is -2.34. The van der Waals surface area contributed by atoms with Gasteiger partial charge in [-0.2, -0.15) is 13.2 Å². The number of nitrogens with one attached hydrogen (secondary N) is 1. The van der Waals surface area contributed by atoms with E-state index < -0.39 is 23.9 Å². The molecule has 1 N–H and O–H groups in total. The normalized spacial score (nSPS) is 31.7. The number of halogens is 3. The van der Waals surface area contributed by atoms with Gasteiger partial charge < -0.3 is 4.90 Å². The molecule has 0 radical (unpaired) electrons. The van der Waals surface area contributed by atoms with Crippen LogP contribution in [0.3, 0.4) is 0 Å². The second-order valence-corrected chi connectivity index (χ2v) is 5.69. The number of rotatable bonds is 4. The quantitative estimate of drug-likeness (QED) is 0.857. The maximum absolute atomic E-state index is 13.2. The summed E-state index contributed by atoms with van der Waals surface area (Å²) in [6.45, 7) is 5.65. The molecule has 3 unspecified atom stereocenters. The van der Waals surface area contributed by atoms with Gasteiger partial charge >= 0.3 is 6.18 Å². The number of carbonyl (C=O) groups is 1. The molecule has 0 aromatic carbocycles. The molecular formula is C13H21F3N2O. The Morgan fingerprint density at radius 2 is 2.00 bits per heavy atom. The maximum Gasteiger partial charge on any atom is 0.411 e. The highest BCUT2D eigenvalue weighted by Crippen LogP contribution is 2.55. The molecule has 1 amide bonds. The topological polar surface area (TPSA) is 32.3 Å². The highest BCUT2D eigenvalue weighted by Gasteiger charge is 2.70. The van der Waals surface area contributed by atoms with Gasteiger partial charge in [-0.25, -0.2) is 0 Å². The van der Waals surface area contributed by atoms with E-state index in [0.717, 1.165) is 11.3 Å². The van der Waals surface area contributed by atoms with Crippen LogP contribution in [-0.2, 0) is 4.79 Å². The van der Waals surface area contributed by atoms with Crippen LogP contribution in [0, 0.1) is 5.92 Å². The monoisotopic (exact) mass is 278 g/mol. The average Bonchev–Trinajstić information content (AvgIpc) is 3.08. The molecule has 0 spiro atoms. The third-order valence-corrected chi connectivity index (χ3v) is 4.50. The molecule has 0 bridgehead atoms. The number of hydrogen-bond donors (Lipinski definition) is 1. The molecule has 2 fully saturated rings. The number of nitrogens with zero attached hydrogens (tertiary/aromatic N) is 1. The third-order valence-electron chi connectivity index (χ3n) is 4.50. The molecule has 6 heteroatoms. The molecule has 2 aliphatic rings. The predicted octanol–water partition coefficient (Wildman–Crippen LogP) is 2.66. The zero-order valence-electron chi connectivity index (χ0n) is 11.5. The van der Waals surface area contributed by atoms with E-state index >= 15 is 0 Å². The summed E-state index contributed by atoms with van der Waals surface area (Å²) in [5.41, 5.74) is -1.90. The van der Waals surface area contributed by atoms with E-state index in [-0.39, 0.29) is 24.7 Å². The van der Waals surface area contributed by atoms with Crippen LogP contribution in [0.15, 0.2) is 0 Å². The fourth-order valence-corrected chi connectivity index (χ4v) is 2.89. The van der Waals surface area contributed by atoms with Crippen molar-refractivity contribution in [2.45, 2.75) is 70.4 Å². The molecule has 0 aromatic rings. The van der Waals surface area contributed by atoms with Crippen molar-refractivity contribution in [3.63, 3.8) is 0 Å². The van der Waals surface area contributed by atoms with E-state index in [4.69, 9.17) is 0 Å². The summed E-state index contributed by atoms with van der Waals surface area (Å²) in [4.78, 5) is 13.5. The van der Waals surface area contributed by atoms with Crippen LogP contribution < -0.4 is 5.32 Å². The molecule has 3 nitrogen and oxygen atoms in total. The van der Waals surface area contributed by atoms with Gasteiger partial charge in [-0.15, -0.1) is 0 Å². The van der Waals surface area contributed by atoms with E-state index in [1.54, 1.807) is 0 Å². The van der Waals surface area contributed by atoms with Crippen molar-refractivity contribution < 1.29 is 18.0 Å². The summed E-state index contributed by atoms with van der Waals surface area (Å²) >= 11 is 0. The first kappa shape index (κ1) is 14.6. The second kappa shape index (κ2) is 4.65. The first-order chi connectivity index (χ1) is 8.78. The summed E-state index contributed by atoms with van der Waals surface area (Å²) in [6, 6.07) is -0.477. The third kappa shape index (κ3) is 2.14. The smallest absolute Gasteiger partial charge is 0.311 e. The van der Waals surface area contributed by atoms with E-state index in [9.17, 15) is 18.0 Å². The number of carbonyl (C=O) groups excluding carboxylic acids is 1. The van der Waals surface area contributed by atoms with Gasteiger partial charge in [0.05, 0.1) is 12.2 Å². The zero-order chi connectivity index (χ0) is 14.4.